The quantitative estimate of drug-likeness (QED) is 0.298. The van der Waals surface area contributed by atoms with E-state index >= 15 is 0 Å². The number of aliphatic carboxylic acids is 1. The summed E-state index contributed by atoms with van der Waals surface area (Å²) in [5.41, 5.74) is 5.66. The fraction of sp³-hybridized carbons (Fsp3) is 0.138. The van der Waals surface area contributed by atoms with E-state index in [9.17, 15) is 9.90 Å². The van der Waals surface area contributed by atoms with Gasteiger partial charge in [-0.25, -0.2) is 4.79 Å². The van der Waals surface area contributed by atoms with Gasteiger partial charge in [0, 0.05) is 35.6 Å². The van der Waals surface area contributed by atoms with Crippen molar-refractivity contribution in [2.75, 3.05) is 0 Å². The van der Waals surface area contributed by atoms with Gasteiger partial charge in [0.2, 0.25) is 0 Å². The van der Waals surface area contributed by atoms with Crippen LogP contribution in [0.2, 0.25) is 0 Å². The van der Waals surface area contributed by atoms with E-state index in [1.165, 1.54) is 0 Å². The van der Waals surface area contributed by atoms with Crippen molar-refractivity contribution >= 4 is 12.0 Å². The second-order valence-electron chi connectivity index (χ2n) is 7.91. The van der Waals surface area contributed by atoms with Gasteiger partial charge in [-0.15, -0.1) is 0 Å². The Morgan fingerprint density at radius 2 is 1.55 bits per heavy atom. The van der Waals surface area contributed by atoms with Gasteiger partial charge in [0.15, 0.2) is 0 Å². The second-order valence-corrected chi connectivity index (χ2v) is 7.91. The first-order chi connectivity index (χ1) is 16.1. The molecule has 0 unspecified atom stereocenters. The van der Waals surface area contributed by atoms with Crippen molar-refractivity contribution in [3.8, 4) is 16.9 Å². The van der Waals surface area contributed by atoms with Crippen LogP contribution in [0.25, 0.3) is 17.2 Å². The number of carboxylic acid groups (broad SMARTS) is 1. The molecule has 0 saturated carbocycles. The number of nitrogens with zero attached hydrogens (tertiary/aromatic N) is 1. The van der Waals surface area contributed by atoms with E-state index < -0.39 is 5.97 Å². The van der Waals surface area contributed by atoms with Crippen LogP contribution in [0.4, 0.5) is 0 Å². The van der Waals surface area contributed by atoms with Crippen LogP contribution in [0.1, 0.15) is 30.0 Å². The molecule has 0 radical (unpaired) electrons. The van der Waals surface area contributed by atoms with Crippen molar-refractivity contribution in [3.05, 3.63) is 120 Å². The van der Waals surface area contributed by atoms with E-state index in [-0.39, 0.29) is 0 Å². The van der Waals surface area contributed by atoms with Gasteiger partial charge in [0.1, 0.15) is 12.4 Å². The Kier molecular flexibility index (Phi) is 7.06. The van der Waals surface area contributed by atoms with E-state index in [4.69, 9.17) is 4.74 Å². The largest absolute Gasteiger partial charge is 0.489 e. The SMILES string of the molecule is CCC(=Cc1cn(Cc2ccc(OCc3ccccc3)cc2)cc1-c1ccccc1)C(=O)O. The maximum Gasteiger partial charge on any atom is 0.331 e. The first-order valence-corrected chi connectivity index (χ1v) is 11.1. The molecule has 0 aliphatic rings. The number of carbonyl (C=O) groups is 1. The Morgan fingerprint density at radius 3 is 2.18 bits per heavy atom. The van der Waals surface area contributed by atoms with Crippen LogP contribution >= 0.6 is 0 Å². The Hall–Kier alpha value is -4.05. The maximum absolute atomic E-state index is 11.6. The maximum atomic E-state index is 11.6. The number of rotatable bonds is 9. The van der Waals surface area contributed by atoms with Gasteiger partial charge in [0.05, 0.1) is 0 Å². The van der Waals surface area contributed by atoms with Gasteiger partial charge in [-0.2, -0.15) is 0 Å². The van der Waals surface area contributed by atoms with Gasteiger partial charge in [0.25, 0.3) is 0 Å². The number of aromatic nitrogens is 1. The molecule has 0 spiro atoms. The highest BCUT2D eigenvalue weighted by Crippen LogP contribution is 2.28. The van der Waals surface area contributed by atoms with E-state index in [0.717, 1.165) is 33.6 Å². The summed E-state index contributed by atoms with van der Waals surface area (Å²) in [7, 11) is 0. The Labute approximate surface area is 194 Å². The number of hydrogen-bond donors (Lipinski definition) is 1. The number of hydrogen-bond acceptors (Lipinski definition) is 2. The molecular weight excluding hydrogens is 410 g/mol. The average molecular weight is 438 g/mol. The van der Waals surface area contributed by atoms with E-state index in [1.54, 1.807) is 6.08 Å². The predicted molar refractivity (Wildman–Crippen MR) is 132 cm³/mol. The zero-order chi connectivity index (χ0) is 23.0. The first-order valence-electron chi connectivity index (χ1n) is 11.1. The third kappa shape index (κ3) is 5.80. The van der Waals surface area contributed by atoms with Crippen LogP contribution < -0.4 is 4.74 Å². The monoisotopic (exact) mass is 437 g/mol. The molecule has 3 aromatic carbocycles. The molecular formula is C29H27NO3. The van der Waals surface area contributed by atoms with Crippen LogP contribution in [0.5, 0.6) is 5.75 Å². The summed E-state index contributed by atoms with van der Waals surface area (Å²) in [6, 6.07) is 28.2. The smallest absolute Gasteiger partial charge is 0.331 e. The third-order valence-corrected chi connectivity index (χ3v) is 5.52. The lowest BCUT2D eigenvalue weighted by Gasteiger charge is -2.08. The average Bonchev–Trinajstić information content (AvgIpc) is 3.25. The van der Waals surface area contributed by atoms with E-state index in [1.807, 2.05) is 85.9 Å². The highest BCUT2D eigenvalue weighted by Gasteiger charge is 2.11. The summed E-state index contributed by atoms with van der Waals surface area (Å²) >= 11 is 0. The van der Waals surface area contributed by atoms with Crippen molar-refractivity contribution in [2.45, 2.75) is 26.5 Å². The molecule has 33 heavy (non-hydrogen) atoms. The van der Waals surface area contributed by atoms with Crippen LogP contribution in [0.15, 0.2) is 103 Å². The first kappa shape index (κ1) is 22.2. The molecule has 1 aromatic heterocycles. The molecule has 0 saturated heterocycles. The lowest BCUT2D eigenvalue weighted by molar-refractivity contribution is -0.132. The van der Waals surface area contributed by atoms with Crippen molar-refractivity contribution in [1.82, 2.24) is 4.57 Å². The summed E-state index contributed by atoms with van der Waals surface area (Å²) in [4.78, 5) is 11.6. The second kappa shape index (κ2) is 10.5. The Morgan fingerprint density at radius 1 is 0.879 bits per heavy atom. The molecule has 0 amide bonds. The molecule has 4 rings (SSSR count). The van der Waals surface area contributed by atoms with Gasteiger partial charge in [-0.05, 0) is 41.3 Å². The van der Waals surface area contributed by atoms with Gasteiger partial charge in [-0.3, -0.25) is 0 Å². The van der Waals surface area contributed by atoms with Crippen molar-refractivity contribution < 1.29 is 14.6 Å². The molecule has 1 N–H and O–H groups in total. The molecule has 4 heteroatoms. The zero-order valence-electron chi connectivity index (χ0n) is 18.6. The molecule has 0 bridgehead atoms. The van der Waals surface area contributed by atoms with Gasteiger partial charge < -0.3 is 14.4 Å². The highest BCUT2D eigenvalue weighted by molar-refractivity contribution is 5.93. The minimum absolute atomic E-state index is 0.393. The lowest BCUT2D eigenvalue weighted by Crippen LogP contribution is -1.99. The minimum atomic E-state index is -0.879. The Balaban J connectivity index is 1.53. The summed E-state index contributed by atoms with van der Waals surface area (Å²) in [5.74, 6) is -0.0481. The predicted octanol–water partition coefficient (Wildman–Crippen LogP) is 6.66. The summed E-state index contributed by atoms with van der Waals surface area (Å²) in [6.07, 6.45) is 6.34. The third-order valence-electron chi connectivity index (χ3n) is 5.52. The molecule has 0 aliphatic heterocycles. The topological polar surface area (TPSA) is 51.5 Å². The lowest BCUT2D eigenvalue weighted by atomic mass is 10.0. The molecule has 166 valence electrons. The van der Waals surface area contributed by atoms with Crippen molar-refractivity contribution in [1.29, 1.82) is 0 Å². The van der Waals surface area contributed by atoms with E-state index in [2.05, 4.69) is 22.9 Å². The molecule has 0 atom stereocenters. The standard InChI is InChI=1S/C29H27NO3/c1-2-24(29(31)32)17-26-19-30(20-28(26)25-11-7-4-8-12-25)18-22-13-15-27(16-14-22)33-21-23-9-5-3-6-10-23/h3-17,19-20H,2,18,21H2,1H3,(H,31,32). The molecule has 0 fully saturated rings. The Bertz CT molecular complexity index is 1220. The molecule has 4 aromatic rings. The van der Waals surface area contributed by atoms with E-state index in [0.29, 0.717) is 25.1 Å². The fourth-order valence-corrected chi connectivity index (χ4v) is 3.74. The van der Waals surface area contributed by atoms with Crippen molar-refractivity contribution in [2.24, 2.45) is 0 Å². The molecule has 0 aliphatic carbocycles. The van der Waals surface area contributed by atoms with Gasteiger partial charge >= 0.3 is 5.97 Å². The van der Waals surface area contributed by atoms with Crippen LogP contribution in [-0.4, -0.2) is 15.6 Å². The molecule has 1 heterocycles. The summed E-state index contributed by atoms with van der Waals surface area (Å²) < 4.78 is 7.99. The van der Waals surface area contributed by atoms with Gasteiger partial charge in [-0.1, -0.05) is 79.7 Å². The van der Waals surface area contributed by atoms with Crippen molar-refractivity contribution in [3.63, 3.8) is 0 Å². The van der Waals surface area contributed by atoms with Crippen LogP contribution in [-0.2, 0) is 17.9 Å². The summed E-state index contributed by atoms with van der Waals surface area (Å²) in [6.45, 7) is 3.08. The minimum Gasteiger partial charge on any atom is -0.489 e. The van der Waals surface area contributed by atoms with Crippen LogP contribution in [0.3, 0.4) is 0 Å². The normalized spacial score (nSPS) is 11.4. The highest BCUT2D eigenvalue weighted by atomic mass is 16.5. The zero-order valence-corrected chi connectivity index (χ0v) is 18.6. The fourth-order valence-electron chi connectivity index (χ4n) is 3.74. The number of ether oxygens (including phenoxy) is 1. The number of benzene rings is 3. The summed E-state index contributed by atoms with van der Waals surface area (Å²) in [5, 5.41) is 9.49. The molecule has 4 nitrogen and oxygen atoms in total. The number of carboxylic acids is 1. The van der Waals surface area contributed by atoms with Crippen LogP contribution in [0, 0.1) is 0 Å².